The molecule has 1 amide bonds. The molecule has 1 aromatic carbocycles. The van der Waals surface area contributed by atoms with Gasteiger partial charge in [0.25, 0.3) is 0 Å². The molecule has 1 aliphatic heterocycles. The highest BCUT2D eigenvalue weighted by atomic mass is 16.5. The molecule has 1 aromatic rings. The summed E-state index contributed by atoms with van der Waals surface area (Å²) >= 11 is 0. The highest BCUT2D eigenvalue weighted by Gasteiger charge is 2.29. The zero-order valence-electron chi connectivity index (χ0n) is 15.5. The van der Waals surface area contributed by atoms with Gasteiger partial charge in [0, 0.05) is 19.7 Å². The van der Waals surface area contributed by atoms with Crippen LogP contribution in [0.5, 0.6) is 11.5 Å². The molecule has 6 heteroatoms. The van der Waals surface area contributed by atoms with E-state index in [0.717, 1.165) is 50.1 Å². The fourth-order valence-electron chi connectivity index (χ4n) is 3.42. The van der Waals surface area contributed by atoms with Gasteiger partial charge in [0.05, 0.1) is 20.8 Å². The van der Waals surface area contributed by atoms with Crippen molar-refractivity contribution in [1.82, 2.24) is 4.90 Å². The molecule has 0 spiro atoms. The number of amides is 1. The summed E-state index contributed by atoms with van der Waals surface area (Å²) in [6, 6.07) is 5.63. The van der Waals surface area contributed by atoms with Gasteiger partial charge in [-0.25, -0.2) is 0 Å². The number of aryl methyl sites for hydroxylation is 1. The van der Waals surface area contributed by atoms with E-state index in [4.69, 9.17) is 19.9 Å². The molecule has 2 rings (SSSR count). The van der Waals surface area contributed by atoms with Crippen molar-refractivity contribution in [2.75, 3.05) is 34.5 Å². The average molecular weight is 350 g/mol. The Labute approximate surface area is 150 Å². The van der Waals surface area contributed by atoms with Crippen molar-refractivity contribution in [3.63, 3.8) is 0 Å². The third kappa shape index (κ3) is 5.09. The standard InChI is InChI=1S/C19H30N2O4/c1-23-13-16(20)19(22)21-11-5-4-6-15(21)9-7-14-8-10-17(24-2)18(12-14)25-3/h8,10,12,15-16H,4-7,9,11,13,20H2,1-3H3. The highest BCUT2D eigenvalue weighted by Crippen LogP contribution is 2.29. The van der Waals surface area contributed by atoms with Crippen molar-refractivity contribution in [3.05, 3.63) is 23.8 Å². The van der Waals surface area contributed by atoms with Crippen LogP contribution in [0.25, 0.3) is 0 Å². The van der Waals surface area contributed by atoms with E-state index in [1.165, 1.54) is 5.56 Å². The molecular formula is C19H30N2O4. The largest absolute Gasteiger partial charge is 0.493 e. The van der Waals surface area contributed by atoms with Crippen LogP contribution in [0.2, 0.25) is 0 Å². The van der Waals surface area contributed by atoms with E-state index in [2.05, 4.69) is 0 Å². The summed E-state index contributed by atoms with van der Waals surface area (Å²) < 4.78 is 15.7. The minimum Gasteiger partial charge on any atom is -0.493 e. The number of hydrogen-bond acceptors (Lipinski definition) is 5. The van der Waals surface area contributed by atoms with Gasteiger partial charge in [-0.3, -0.25) is 4.79 Å². The molecule has 140 valence electrons. The molecule has 6 nitrogen and oxygen atoms in total. The minimum atomic E-state index is -0.577. The first kappa shape index (κ1) is 19.5. The summed E-state index contributed by atoms with van der Waals surface area (Å²) in [5.41, 5.74) is 7.13. The predicted molar refractivity (Wildman–Crippen MR) is 97.1 cm³/mol. The van der Waals surface area contributed by atoms with E-state index in [9.17, 15) is 4.79 Å². The second-order valence-electron chi connectivity index (χ2n) is 6.47. The van der Waals surface area contributed by atoms with Crippen LogP contribution in [0.15, 0.2) is 18.2 Å². The Hall–Kier alpha value is -1.79. The van der Waals surface area contributed by atoms with E-state index in [1.807, 2.05) is 23.1 Å². The number of ether oxygens (including phenoxy) is 3. The predicted octanol–water partition coefficient (Wildman–Crippen LogP) is 1.99. The number of carbonyl (C=O) groups is 1. The number of likely N-dealkylation sites (tertiary alicyclic amines) is 1. The van der Waals surface area contributed by atoms with Gasteiger partial charge in [0.2, 0.25) is 5.91 Å². The number of rotatable bonds is 8. The lowest BCUT2D eigenvalue weighted by Crippen LogP contribution is -2.52. The summed E-state index contributed by atoms with van der Waals surface area (Å²) in [5.74, 6) is 1.46. The van der Waals surface area contributed by atoms with Gasteiger partial charge in [0.15, 0.2) is 11.5 Å². The first-order valence-corrected chi connectivity index (χ1v) is 8.86. The van der Waals surface area contributed by atoms with Gasteiger partial charge < -0.3 is 24.8 Å². The first-order chi connectivity index (χ1) is 12.1. The van der Waals surface area contributed by atoms with Gasteiger partial charge in [-0.15, -0.1) is 0 Å². The number of benzene rings is 1. The summed E-state index contributed by atoms with van der Waals surface area (Å²) in [6.07, 6.45) is 5.02. The maximum Gasteiger partial charge on any atom is 0.242 e. The van der Waals surface area contributed by atoms with Crippen molar-refractivity contribution in [3.8, 4) is 11.5 Å². The van der Waals surface area contributed by atoms with Gasteiger partial charge in [-0.05, 0) is 49.8 Å². The van der Waals surface area contributed by atoms with Gasteiger partial charge in [0.1, 0.15) is 6.04 Å². The topological polar surface area (TPSA) is 74.0 Å². The van der Waals surface area contributed by atoms with Crippen LogP contribution in [-0.2, 0) is 16.0 Å². The van der Waals surface area contributed by atoms with E-state index >= 15 is 0 Å². The number of piperidine rings is 1. The number of carbonyl (C=O) groups excluding carboxylic acids is 1. The van der Waals surface area contributed by atoms with E-state index < -0.39 is 6.04 Å². The molecule has 0 aliphatic carbocycles. The van der Waals surface area contributed by atoms with Crippen molar-refractivity contribution in [2.45, 2.75) is 44.2 Å². The normalized spacial score (nSPS) is 18.7. The van der Waals surface area contributed by atoms with Gasteiger partial charge in [-0.1, -0.05) is 6.07 Å². The monoisotopic (exact) mass is 350 g/mol. The lowest BCUT2D eigenvalue weighted by molar-refractivity contribution is -0.137. The number of nitrogens with zero attached hydrogens (tertiary/aromatic N) is 1. The summed E-state index contributed by atoms with van der Waals surface area (Å²) in [6.45, 7) is 1.05. The van der Waals surface area contributed by atoms with Crippen LogP contribution in [-0.4, -0.2) is 57.4 Å². The van der Waals surface area contributed by atoms with E-state index in [1.54, 1.807) is 21.3 Å². The van der Waals surface area contributed by atoms with E-state index in [-0.39, 0.29) is 18.6 Å². The second kappa shape index (κ2) is 9.63. The van der Waals surface area contributed by atoms with Crippen LogP contribution in [0.4, 0.5) is 0 Å². The van der Waals surface area contributed by atoms with Crippen LogP contribution < -0.4 is 15.2 Å². The fourth-order valence-corrected chi connectivity index (χ4v) is 3.42. The molecule has 1 heterocycles. The van der Waals surface area contributed by atoms with Crippen molar-refractivity contribution in [1.29, 1.82) is 0 Å². The quantitative estimate of drug-likeness (QED) is 0.776. The molecule has 0 bridgehead atoms. The lowest BCUT2D eigenvalue weighted by Gasteiger charge is -2.37. The van der Waals surface area contributed by atoms with Crippen LogP contribution >= 0.6 is 0 Å². The molecule has 1 saturated heterocycles. The SMILES string of the molecule is COCC(N)C(=O)N1CCCCC1CCc1ccc(OC)c(OC)c1. The molecular weight excluding hydrogens is 320 g/mol. The maximum atomic E-state index is 12.6. The zero-order chi connectivity index (χ0) is 18.2. The molecule has 2 atom stereocenters. The Morgan fingerprint density at radius 1 is 1.24 bits per heavy atom. The summed E-state index contributed by atoms with van der Waals surface area (Å²) in [5, 5.41) is 0. The average Bonchev–Trinajstić information content (AvgIpc) is 2.65. The second-order valence-corrected chi connectivity index (χ2v) is 6.47. The van der Waals surface area contributed by atoms with Crippen LogP contribution in [0.3, 0.4) is 0 Å². The molecule has 0 radical (unpaired) electrons. The summed E-state index contributed by atoms with van der Waals surface area (Å²) in [4.78, 5) is 14.5. The van der Waals surface area contributed by atoms with Crippen molar-refractivity contribution in [2.24, 2.45) is 5.73 Å². The fraction of sp³-hybridized carbons (Fsp3) is 0.632. The number of methoxy groups -OCH3 is 3. The third-order valence-electron chi connectivity index (χ3n) is 4.79. The Bertz CT molecular complexity index is 564. The van der Waals surface area contributed by atoms with E-state index in [0.29, 0.717) is 0 Å². The molecule has 0 aromatic heterocycles. The first-order valence-electron chi connectivity index (χ1n) is 8.86. The lowest BCUT2D eigenvalue weighted by atomic mass is 9.95. The smallest absolute Gasteiger partial charge is 0.242 e. The zero-order valence-corrected chi connectivity index (χ0v) is 15.5. The maximum absolute atomic E-state index is 12.6. The Balaban J connectivity index is 2.00. The summed E-state index contributed by atoms with van der Waals surface area (Å²) in [7, 11) is 4.84. The van der Waals surface area contributed by atoms with Crippen molar-refractivity contribution >= 4 is 5.91 Å². The van der Waals surface area contributed by atoms with Gasteiger partial charge >= 0.3 is 0 Å². The number of nitrogens with two attached hydrogens (primary N) is 1. The van der Waals surface area contributed by atoms with Crippen LogP contribution in [0.1, 0.15) is 31.2 Å². The highest BCUT2D eigenvalue weighted by molar-refractivity contribution is 5.82. The molecule has 0 saturated carbocycles. The van der Waals surface area contributed by atoms with Crippen LogP contribution in [0, 0.1) is 0 Å². The van der Waals surface area contributed by atoms with Crippen molar-refractivity contribution < 1.29 is 19.0 Å². The minimum absolute atomic E-state index is 0.00105. The molecule has 2 N–H and O–H groups in total. The third-order valence-corrected chi connectivity index (χ3v) is 4.79. The Kier molecular flexibility index (Phi) is 7.52. The molecule has 1 aliphatic rings. The Morgan fingerprint density at radius 2 is 2.00 bits per heavy atom. The number of hydrogen-bond donors (Lipinski definition) is 1. The molecule has 25 heavy (non-hydrogen) atoms. The molecule has 2 unspecified atom stereocenters. The Morgan fingerprint density at radius 3 is 2.68 bits per heavy atom. The molecule has 1 fully saturated rings. The van der Waals surface area contributed by atoms with Gasteiger partial charge in [-0.2, -0.15) is 0 Å².